The Morgan fingerprint density at radius 1 is 1.41 bits per heavy atom. The number of imidazole rings is 1. The smallest absolute Gasteiger partial charge is 0.0949 e. The summed E-state index contributed by atoms with van der Waals surface area (Å²) in [6, 6.07) is 2.00. The Labute approximate surface area is 107 Å². The van der Waals surface area contributed by atoms with Gasteiger partial charge in [0.05, 0.1) is 6.33 Å². The van der Waals surface area contributed by atoms with Crippen LogP contribution in [-0.2, 0) is 0 Å². The lowest BCUT2D eigenvalue weighted by molar-refractivity contribution is 0.358. The molecule has 1 N–H and O–H groups in total. The maximum Gasteiger partial charge on any atom is 0.0949 e. The summed E-state index contributed by atoms with van der Waals surface area (Å²) in [5.41, 5.74) is 0. The summed E-state index contributed by atoms with van der Waals surface area (Å²) in [4.78, 5) is 4.18. The van der Waals surface area contributed by atoms with Crippen molar-refractivity contribution in [1.29, 1.82) is 0 Å². The van der Waals surface area contributed by atoms with Crippen LogP contribution in [0.5, 0.6) is 0 Å². The average Bonchev–Trinajstić information content (AvgIpc) is 3.00. The molecule has 4 heteroatoms. The lowest BCUT2D eigenvalue weighted by Crippen LogP contribution is -2.41. The zero-order valence-corrected chi connectivity index (χ0v) is 11.2. The van der Waals surface area contributed by atoms with Gasteiger partial charge in [-0.15, -0.1) is 0 Å². The summed E-state index contributed by atoms with van der Waals surface area (Å²) in [7, 11) is 0. The Kier molecular flexibility index (Phi) is 3.43. The molecule has 1 saturated carbocycles. The fraction of sp³-hybridized carbons (Fsp3) is 0.769. The van der Waals surface area contributed by atoms with Crippen molar-refractivity contribution < 1.29 is 0 Å². The number of hydrogen-bond donors (Lipinski definition) is 1. The number of aromatic nitrogens is 2. The minimum Gasteiger partial charge on any atom is -0.333 e. The highest BCUT2D eigenvalue weighted by Crippen LogP contribution is 2.33. The molecule has 0 bridgehead atoms. The van der Waals surface area contributed by atoms with E-state index in [0.29, 0.717) is 12.1 Å². The fourth-order valence-corrected chi connectivity index (χ4v) is 4.35. The molecule has 0 radical (unpaired) electrons. The highest BCUT2D eigenvalue weighted by Gasteiger charge is 2.32. The molecular weight excluding hydrogens is 230 g/mol. The molecule has 17 heavy (non-hydrogen) atoms. The van der Waals surface area contributed by atoms with Crippen LogP contribution in [0.25, 0.3) is 0 Å². The van der Waals surface area contributed by atoms with Crippen molar-refractivity contribution in [2.24, 2.45) is 0 Å². The molecule has 1 aromatic heterocycles. The Hall–Kier alpha value is -0.480. The third kappa shape index (κ3) is 2.52. The quantitative estimate of drug-likeness (QED) is 0.895. The Balaban J connectivity index is 1.62. The standard InChI is InChI=1S/C13H21N3S/c1-10-7-11(8-17-10)15-12-3-2-4-13(12)16-6-5-14-9-16/h5-6,9-13,15H,2-4,7-8H2,1H3. The summed E-state index contributed by atoms with van der Waals surface area (Å²) in [5, 5.41) is 4.71. The number of hydrogen-bond acceptors (Lipinski definition) is 3. The van der Waals surface area contributed by atoms with Gasteiger partial charge in [0.1, 0.15) is 0 Å². The number of rotatable bonds is 3. The second-order valence-corrected chi connectivity index (χ2v) is 6.83. The molecule has 2 heterocycles. The van der Waals surface area contributed by atoms with E-state index in [1.165, 1.54) is 31.4 Å². The van der Waals surface area contributed by atoms with Crippen LogP contribution in [0.2, 0.25) is 0 Å². The van der Waals surface area contributed by atoms with E-state index in [2.05, 4.69) is 39.8 Å². The van der Waals surface area contributed by atoms with E-state index in [1.807, 2.05) is 12.5 Å². The monoisotopic (exact) mass is 251 g/mol. The van der Waals surface area contributed by atoms with Crippen molar-refractivity contribution in [2.45, 2.75) is 56.0 Å². The van der Waals surface area contributed by atoms with Crippen molar-refractivity contribution in [3.63, 3.8) is 0 Å². The molecule has 1 aliphatic heterocycles. The largest absolute Gasteiger partial charge is 0.333 e. The molecule has 3 rings (SSSR count). The molecule has 0 aromatic carbocycles. The van der Waals surface area contributed by atoms with Crippen molar-refractivity contribution >= 4 is 11.8 Å². The van der Waals surface area contributed by atoms with Crippen LogP contribution >= 0.6 is 11.8 Å². The van der Waals surface area contributed by atoms with Gasteiger partial charge in [0, 0.05) is 41.5 Å². The van der Waals surface area contributed by atoms with Gasteiger partial charge in [-0.3, -0.25) is 0 Å². The summed E-state index contributed by atoms with van der Waals surface area (Å²) < 4.78 is 2.29. The van der Waals surface area contributed by atoms with Crippen molar-refractivity contribution in [2.75, 3.05) is 5.75 Å². The molecule has 1 aliphatic carbocycles. The van der Waals surface area contributed by atoms with E-state index in [-0.39, 0.29) is 0 Å². The molecule has 4 atom stereocenters. The number of nitrogens with one attached hydrogen (secondary N) is 1. The zero-order valence-electron chi connectivity index (χ0n) is 10.4. The Morgan fingerprint density at radius 3 is 3.06 bits per heavy atom. The first-order valence-corrected chi connectivity index (χ1v) is 7.73. The summed E-state index contributed by atoms with van der Waals surface area (Å²) in [6.45, 7) is 2.34. The highest BCUT2D eigenvalue weighted by atomic mass is 32.2. The normalized spacial score (nSPS) is 37.7. The van der Waals surface area contributed by atoms with Gasteiger partial charge < -0.3 is 9.88 Å². The molecule has 2 aliphatic rings. The second-order valence-electron chi connectivity index (χ2n) is 5.36. The third-order valence-electron chi connectivity index (χ3n) is 4.04. The molecule has 0 spiro atoms. The summed E-state index contributed by atoms with van der Waals surface area (Å²) in [6.07, 6.45) is 11.3. The van der Waals surface area contributed by atoms with Gasteiger partial charge >= 0.3 is 0 Å². The third-order valence-corrected chi connectivity index (χ3v) is 5.39. The lowest BCUT2D eigenvalue weighted by Gasteiger charge is -2.25. The zero-order chi connectivity index (χ0) is 11.7. The topological polar surface area (TPSA) is 29.9 Å². The van der Waals surface area contributed by atoms with Crippen LogP contribution in [0.4, 0.5) is 0 Å². The second kappa shape index (κ2) is 5.02. The van der Waals surface area contributed by atoms with Crippen LogP contribution in [0.1, 0.15) is 38.6 Å². The molecule has 2 fully saturated rings. The maximum absolute atomic E-state index is 4.18. The fourth-order valence-electron chi connectivity index (χ4n) is 3.19. The summed E-state index contributed by atoms with van der Waals surface area (Å²) in [5.74, 6) is 1.29. The van der Waals surface area contributed by atoms with E-state index < -0.39 is 0 Å². The minimum atomic E-state index is 0.624. The molecule has 94 valence electrons. The van der Waals surface area contributed by atoms with Crippen LogP contribution < -0.4 is 5.32 Å². The van der Waals surface area contributed by atoms with E-state index in [4.69, 9.17) is 0 Å². The molecule has 0 amide bonds. The first-order valence-electron chi connectivity index (χ1n) is 6.68. The first-order chi connectivity index (χ1) is 8.33. The SMILES string of the molecule is CC1CC(NC2CCCC2n2ccnc2)CS1. The van der Waals surface area contributed by atoms with Crippen LogP contribution in [0, 0.1) is 0 Å². The summed E-state index contributed by atoms with van der Waals surface area (Å²) >= 11 is 2.11. The number of nitrogens with zero attached hydrogens (tertiary/aromatic N) is 2. The molecule has 1 aromatic rings. The van der Waals surface area contributed by atoms with Crippen LogP contribution in [0.15, 0.2) is 18.7 Å². The van der Waals surface area contributed by atoms with E-state index in [1.54, 1.807) is 0 Å². The van der Waals surface area contributed by atoms with E-state index in [0.717, 1.165) is 11.3 Å². The molecular formula is C13H21N3S. The predicted octanol–water partition coefficient (Wildman–Crippen LogP) is 2.46. The lowest BCUT2D eigenvalue weighted by atomic mass is 10.1. The maximum atomic E-state index is 4.18. The van der Waals surface area contributed by atoms with Crippen molar-refractivity contribution in [3.8, 4) is 0 Å². The molecule has 4 unspecified atom stereocenters. The highest BCUT2D eigenvalue weighted by molar-refractivity contribution is 8.00. The van der Waals surface area contributed by atoms with Gasteiger partial charge in [-0.05, 0) is 25.7 Å². The van der Waals surface area contributed by atoms with Gasteiger partial charge in [-0.25, -0.2) is 4.98 Å². The Bertz CT molecular complexity index is 352. The molecule has 1 saturated heterocycles. The predicted molar refractivity (Wildman–Crippen MR) is 72.4 cm³/mol. The van der Waals surface area contributed by atoms with Crippen molar-refractivity contribution in [1.82, 2.24) is 14.9 Å². The molecule has 3 nitrogen and oxygen atoms in total. The number of thioether (sulfide) groups is 1. The Morgan fingerprint density at radius 2 is 2.35 bits per heavy atom. The van der Waals surface area contributed by atoms with Gasteiger partial charge in [0.2, 0.25) is 0 Å². The average molecular weight is 251 g/mol. The van der Waals surface area contributed by atoms with Gasteiger partial charge in [-0.1, -0.05) is 6.92 Å². The van der Waals surface area contributed by atoms with E-state index in [9.17, 15) is 0 Å². The van der Waals surface area contributed by atoms with Gasteiger partial charge in [0.25, 0.3) is 0 Å². The van der Waals surface area contributed by atoms with Crippen LogP contribution in [0.3, 0.4) is 0 Å². The van der Waals surface area contributed by atoms with Gasteiger partial charge in [0.15, 0.2) is 0 Å². The van der Waals surface area contributed by atoms with Crippen molar-refractivity contribution in [3.05, 3.63) is 18.7 Å². The first kappa shape index (κ1) is 11.6. The minimum absolute atomic E-state index is 0.624. The van der Waals surface area contributed by atoms with Gasteiger partial charge in [-0.2, -0.15) is 11.8 Å². The van der Waals surface area contributed by atoms with E-state index >= 15 is 0 Å². The van der Waals surface area contributed by atoms with Crippen LogP contribution in [-0.4, -0.2) is 32.6 Å².